The average Bonchev–Trinajstić information content (AvgIpc) is 3.30. The Morgan fingerprint density at radius 1 is 0.944 bits per heavy atom. The average molecular weight is 480 g/mol. The second-order valence-corrected chi connectivity index (χ2v) is 8.44. The Morgan fingerprint density at radius 3 is 1.94 bits per heavy atom. The van der Waals surface area contributed by atoms with Gasteiger partial charge in [-0.25, -0.2) is 0 Å². The van der Waals surface area contributed by atoms with Gasteiger partial charge in [0.1, 0.15) is 17.0 Å². The maximum absolute atomic E-state index is 12.1. The lowest BCUT2D eigenvalue weighted by Gasteiger charge is -2.38. The number of amides is 1. The van der Waals surface area contributed by atoms with Gasteiger partial charge in [0, 0.05) is 25.0 Å². The number of rotatable bonds is 12. The Bertz CT molecular complexity index is 1200. The van der Waals surface area contributed by atoms with Gasteiger partial charge in [-0.15, -0.1) is 0 Å². The lowest BCUT2D eigenvalue weighted by Crippen LogP contribution is -2.39. The first kappa shape index (κ1) is 24.6. The van der Waals surface area contributed by atoms with Gasteiger partial charge in [-0.05, 0) is 35.1 Å². The van der Waals surface area contributed by atoms with Crippen molar-refractivity contribution in [2.75, 3.05) is 23.3 Å². The minimum atomic E-state index is -0.748. The van der Waals surface area contributed by atoms with Gasteiger partial charge in [-0.3, -0.25) is 9.48 Å². The highest BCUT2D eigenvalue weighted by atomic mass is 16.1. The molecule has 0 aliphatic heterocycles. The first-order chi connectivity index (χ1) is 17.7. The number of nitrogens with zero attached hydrogens (tertiary/aromatic N) is 6. The minimum absolute atomic E-state index is 0.403. The maximum atomic E-state index is 12.1. The van der Waals surface area contributed by atoms with E-state index in [0.29, 0.717) is 37.4 Å². The summed E-state index contributed by atoms with van der Waals surface area (Å²) in [6.45, 7) is 0.889. The van der Waals surface area contributed by atoms with Crippen molar-refractivity contribution >= 4 is 17.9 Å². The van der Waals surface area contributed by atoms with Crippen LogP contribution in [0.1, 0.15) is 29.5 Å². The Morgan fingerprint density at radius 2 is 1.47 bits per heavy atom. The van der Waals surface area contributed by atoms with Crippen molar-refractivity contribution < 1.29 is 4.79 Å². The van der Waals surface area contributed by atoms with Gasteiger partial charge in [0.2, 0.25) is 6.41 Å². The molecule has 0 aliphatic rings. The third kappa shape index (κ3) is 5.09. The van der Waals surface area contributed by atoms with Crippen molar-refractivity contribution in [1.82, 2.24) is 9.78 Å². The second kappa shape index (κ2) is 11.7. The fraction of sp³-hybridized carbons (Fsp3) is 0.214. The molecular weight excluding hydrogens is 450 g/mol. The largest absolute Gasteiger partial charge is 0.351 e. The lowest BCUT2D eigenvalue weighted by atomic mass is 9.77. The van der Waals surface area contributed by atoms with Crippen molar-refractivity contribution in [3.05, 3.63) is 124 Å². The highest BCUT2D eigenvalue weighted by molar-refractivity contribution is 5.82. The highest BCUT2D eigenvalue weighted by Crippen LogP contribution is 2.41. The van der Waals surface area contributed by atoms with Crippen LogP contribution in [-0.4, -0.2) is 29.3 Å². The van der Waals surface area contributed by atoms with E-state index in [2.05, 4.69) is 56.8 Å². The minimum Gasteiger partial charge on any atom is -0.351 e. The number of aromatic nitrogens is 2. The van der Waals surface area contributed by atoms with Crippen LogP contribution in [0.15, 0.2) is 102 Å². The summed E-state index contributed by atoms with van der Waals surface area (Å²) >= 11 is 0. The molecule has 0 atom stereocenters. The van der Waals surface area contributed by atoms with Crippen molar-refractivity contribution in [3.8, 4) is 0 Å². The number of nitrogens with one attached hydrogen (secondary N) is 1. The normalized spacial score (nSPS) is 10.9. The molecule has 1 heterocycles. The third-order valence-electron chi connectivity index (χ3n) is 6.25. The first-order valence-electron chi connectivity index (χ1n) is 11.9. The molecule has 0 saturated heterocycles. The fourth-order valence-corrected chi connectivity index (χ4v) is 4.48. The van der Waals surface area contributed by atoms with E-state index >= 15 is 0 Å². The van der Waals surface area contributed by atoms with E-state index < -0.39 is 5.54 Å². The molecule has 0 spiro atoms. The number of hydrogen-bond donors (Lipinski definition) is 1. The van der Waals surface area contributed by atoms with Crippen LogP contribution in [-0.2, 0) is 17.4 Å². The van der Waals surface area contributed by atoms with Gasteiger partial charge in [0.05, 0.1) is 6.20 Å². The molecule has 3 aromatic carbocycles. The molecule has 182 valence electrons. The summed E-state index contributed by atoms with van der Waals surface area (Å²) in [6.07, 6.45) is 3.92. The van der Waals surface area contributed by atoms with Crippen LogP contribution in [0.3, 0.4) is 0 Å². The fourth-order valence-electron chi connectivity index (χ4n) is 4.48. The molecule has 0 saturated carbocycles. The monoisotopic (exact) mass is 479 g/mol. The summed E-state index contributed by atoms with van der Waals surface area (Å²) in [5.41, 5.74) is 11.6. The molecule has 36 heavy (non-hydrogen) atoms. The van der Waals surface area contributed by atoms with Gasteiger partial charge < -0.3 is 10.2 Å². The van der Waals surface area contributed by atoms with Gasteiger partial charge in [0.25, 0.3) is 0 Å². The zero-order valence-corrected chi connectivity index (χ0v) is 20.2. The number of aryl methyl sites for hydroxylation is 1. The Hall–Kier alpha value is -4.55. The van der Waals surface area contributed by atoms with Gasteiger partial charge in [0.15, 0.2) is 0 Å². The molecule has 0 aliphatic carbocycles. The van der Waals surface area contributed by atoms with E-state index in [1.807, 2.05) is 61.6 Å². The summed E-state index contributed by atoms with van der Waals surface area (Å²) in [5, 5.41) is 11.9. The van der Waals surface area contributed by atoms with Gasteiger partial charge in [-0.2, -0.15) is 5.10 Å². The highest BCUT2D eigenvalue weighted by Gasteiger charge is 2.38. The topological polar surface area (TPSA) is 98.9 Å². The first-order valence-corrected chi connectivity index (χ1v) is 11.9. The molecule has 8 heteroatoms. The molecular formula is C28H29N7O. The number of hydrogen-bond acceptors (Lipinski definition) is 4. The van der Waals surface area contributed by atoms with E-state index in [-0.39, 0.29) is 0 Å². The number of unbranched alkanes of at least 4 members (excludes halogenated alkanes) is 1. The summed E-state index contributed by atoms with van der Waals surface area (Å²) < 4.78 is 1.76. The molecule has 1 aromatic heterocycles. The molecule has 1 amide bonds. The zero-order chi connectivity index (χ0) is 25.2. The number of azide groups is 1. The van der Waals surface area contributed by atoms with Crippen LogP contribution in [0, 0.1) is 0 Å². The molecule has 0 bridgehead atoms. The smallest absolute Gasteiger partial charge is 0.214 e. The number of benzene rings is 3. The van der Waals surface area contributed by atoms with Crippen LogP contribution >= 0.6 is 0 Å². The van der Waals surface area contributed by atoms with Crippen molar-refractivity contribution in [2.45, 2.75) is 18.4 Å². The summed E-state index contributed by atoms with van der Waals surface area (Å²) in [5.74, 6) is 0.716. The molecule has 4 aromatic rings. The summed E-state index contributed by atoms with van der Waals surface area (Å²) in [6, 6.07) is 30.8. The summed E-state index contributed by atoms with van der Waals surface area (Å²) in [7, 11) is 1.86. The number of carbonyl (C=O) groups is 1. The van der Waals surface area contributed by atoms with Crippen molar-refractivity contribution in [1.29, 1.82) is 0 Å². The quantitative estimate of drug-likeness (QED) is 0.0686. The van der Waals surface area contributed by atoms with E-state index in [4.69, 9.17) is 5.53 Å². The SMILES string of the molecule is Cn1ncc(N(C=O)CCCCN=[N+]=[N-])c1NC(c1ccccc1)(c1ccccc1)c1ccccc1. The van der Waals surface area contributed by atoms with Crippen molar-refractivity contribution in [2.24, 2.45) is 12.2 Å². The predicted octanol–water partition coefficient (Wildman–Crippen LogP) is 5.88. The standard InChI is InChI=1S/C28H29N7O/c1-34-27(26(21-31-34)35(22-36)20-12-11-19-30-33-29)32-28(23-13-5-2-6-14-23,24-15-7-3-8-16-24)25-17-9-4-10-18-25/h2-10,13-18,21-22,32H,11-12,19-20H2,1H3. The van der Waals surface area contributed by atoms with Gasteiger partial charge >= 0.3 is 0 Å². The molecule has 0 radical (unpaired) electrons. The van der Waals surface area contributed by atoms with Crippen LogP contribution in [0.5, 0.6) is 0 Å². The third-order valence-corrected chi connectivity index (χ3v) is 6.25. The molecule has 8 nitrogen and oxygen atoms in total. The van der Waals surface area contributed by atoms with E-state index in [0.717, 1.165) is 23.1 Å². The lowest BCUT2D eigenvalue weighted by molar-refractivity contribution is -0.107. The van der Waals surface area contributed by atoms with Gasteiger partial charge in [-0.1, -0.05) is 96.1 Å². The van der Waals surface area contributed by atoms with Crippen molar-refractivity contribution in [3.63, 3.8) is 0 Å². The molecule has 1 N–H and O–H groups in total. The Labute approximate surface area is 210 Å². The van der Waals surface area contributed by atoms with Crippen LogP contribution in [0.25, 0.3) is 10.4 Å². The number of anilines is 2. The Kier molecular flexibility index (Phi) is 8.01. The van der Waals surface area contributed by atoms with Crippen LogP contribution in [0.4, 0.5) is 11.5 Å². The zero-order valence-electron chi connectivity index (χ0n) is 20.2. The van der Waals surface area contributed by atoms with Crippen LogP contribution in [0.2, 0.25) is 0 Å². The predicted molar refractivity (Wildman–Crippen MR) is 143 cm³/mol. The van der Waals surface area contributed by atoms with E-state index in [9.17, 15) is 4.79 Å². The van der Waals surface area contributed by atoms with E-state index in [1.54, 1.807) is 15.8 Å². The van der Waals surface area contributed by atoms with Crippen LogP contribution < -0.4 is 10.2 Å². The number of carbonyl (C=O) groups excluding carboxylic acids is 1. The summed E-state index contributed by atoms with van der Waals surface area (Å²) in [4.78, 5) is 16.6. The maximum Gasteiger partial charge on any atom is 0.214 e. The molecule has 4 rings (SSSR count). The second-order valence-electron chi connectivity index (χ2n) is 8.44. The van der Waals surface area contributed by atoms with E-state index in [1.165, 1.54) is 0 Å². The Balaban J connectivity index is 1.83. The molecule has 0 fully saturated rings. The molecule has 0 unspecified atom stereocenters.